The molecule has 76 valence electrons. The molecule has 1 amide bonds. The summed E-state index contributed by atoms with van der Waals surface area (Å²) in [6, 6.07) is 2.40. The van der Waals surface area contributed by atoms with Crippen molar-refractivity contribution >= 4 is 5.91 Å². The van der Waals surface area contributed by atoms with Crippen molar-refractivity contribution in [3.63, 3.8) is 0 Å². The topological polar surface area (TPSA) is 46.9 Å². The number of hydrogen-bond donors (Lipinski definition) is 1. The second kappa shape index (κ2) is 3.44. The molecule has 0 bridgehead atoms. The molecule has 0 aromatic carbocycles. The normalized spacial score (nSPS) is 15.9. The van der Waals surface area contributed by atoms with E-state index >= 15 is 0 Å². The number of carbonyl (C=O) groups is 1. The van der Waals surface area contributed by atoms with E-state index in [2.05, 4.69) is 10.4 Å². The summed E-state index contributed by atoms with van der Waals surface area (Å²) >= 11 is 0. The van der Waals surface area contributed by atoms with Crippen LogP contribution in [0.3, 0.4) is 0 Å². The maximum atomic E-state index is 11.7. The Morgan fingerprint density at radius 2 is 2.36 bits per heavy atom. The first-order chi connectivity index (χ1) is 6.68. The summed E-state index contributed by atoms with van der Waals surface area (Å²) in [7, 11) is 0. The minimum absolute atomic E-state index is 0.0237. The molecule has 2 rings (SSSR count). The minimum atomic E-state index is -0.0237. The zero-order valence-electron chi connectivity index (χ0n) is 8.53. The van der Waals surface area contributed by atoms with E-state index < -0.39 is 0 Å². The van der Waals surface area contributed by atoms with Crippen LogP contribution in [-0.4, -0.2) is 21.7 Å². The van der Waals surface area contributed by atoms with Crippen molar-refractivity contribution in [2.75, 3.05) is 0 Å². The van der Waals surface area contributed by atoms with E-state index in [0.29, 0.717) is 11.7 Å². The van der Waals surface area contributed by atoms with Crippen LogP contribution < -0.4 is 5.32 Å². The molecule has 14 heavy (non-hydrogen) atoms. The monoisotopic (exact) mass is 193 g/mol. The molecule has 1 N–H and O–H groups in total. The first-order valence-electron chi connectivity index (χ1n) is 5.03. The highest BCUT2D eigenvalue weighted by molar-refractivity contribution is 5.92. The van der Waals surface area contributed by atoms with E-state index in [0.717, 1.165) is 12.8 Å². The average Bonchev–Trinajstić information content (AvgIpc) is 2.82. The van der Waals surface area contributed by atoms with Gasteiger partial charge in [-0.05, 0) is 32.8 Å². The summed E-state index contributed by atoms with van der Waals surface area (Å²) in [5.74, 6) is -0.0237. The second-order valence-corrected chi connectivity index (χ2v) is 4.02. The van der Waals surface area contributed by atoms with Crippen molar-refractivity contribution in [1.29, 1.82) is 0 Å². The van der Waals surface area contributed by atoms with E-state index in [-0.39, 0.29) is 11.9 Å². The fourth-order valence-electron chi connectivity index (χ4n) is 1.44. The first kappa shape index (κ1) is 9.24. The van der Waals surface area contributed by atoms with Crippen LogP contribution >= 0.6 is 0 Å². The molecule has 4 nitrogen and oxygen atoms in total. The van der Waals surface area contributed by atoms with E-state index in [1.165, 1.54) is 0 Å². The van der Waals surface area contributed by atoms with Gasteiger partial charge < -0.3 is 5.32 Å². The number of hydrogen-bond acceptors (Lipinski definition) is 2. The Morgan fingerprint density at radius 3 is 2.93 bits per heavy atom. The van der Waals surface area contributed by atoms with Gasteiger partial charge in [0.1, 0.15) is 5.69 Å². The quantitative estimate of drug-likeness (QED) is 0.787. The standard InChI is InChI=1S/C10H15N3O/c1-7(2)12-10(14)9-5-6-11-13(9)8-3-4-8/h5-8H,3-4H2,1-2H3,(H,12,14). The average molecular weight is 193 g/mol. The van der Waals surface area contributed by atoms with Gasteiger partial charge in [-0.3, -0.25) is 9.48 Å². The number of nitrogens with zero attached hydrogens (tertiary/aromatic N) is 2. The van der Waals surface area contributed by atoms with E-state index in [4.69, 9.17) is 0 Å². The fraction of sp³-hybridized carbons (Fsp3) is 0.600. The van der Waals surface area contributed by atoms with Crippen LogP contribution in [0.25, 0.3) is 0 Å². The van der Waals surface area contributed by atoms with Gasteiger partial charge in [-0.15, -0.1) is 0 Å². The fourth-order valence-corrected chi connectivity index (χ4v) is 1.44. The molecule has 0 atom stereocenters. The van der Waals surface area contributed by atoms with Crippen molar-refractivity contribution in [1.82, 2.24) is 15.1 Å². The molecule has 1 aliphatic rings. The number of amides is 1. The van der Waals surface area contributed by atoms with Gasteiger partial charge in [-0.2, -0.15) is 5.10 Å². The van der Waals surface area contributed by atoms with Gasteiger partial charge in [-0.25, -0.2) is 0 Å². The lowest BCUT2D eigenvalue weighted by molar-refractivity contribution is 0.0932. The summed E-state index contributed by atoms with van der Waals surface area (Å²) in [5.41, 5.74) is 0.682. The van der Waals surface area contributed by atoms with Crippen molar-refractivity contribution in [2.45, 2.75) is 38.8 Å². The summed E-state index contributed by atoms with van der Waals surface area (Å²) in [6.07, 6.45) is 3.97. The molecule has 1 aromatic heterocycles. The van der Waals surface area contributed by atoms with Crippen molar-refractivity contribution in [3.8, 4) is 0 Å². The molecule has 1 heterocycles. The smallest absolute Gasteiger partial charge is 0.269 e. The van der Waals surface area contributed by atoms with Crippen molar-refractivity contribution in [2.24, 2.45) is 0 Å². The van der Waals surface area contributed by atoms with E-state index in [1.54, 1.807) is 12.3 Å². The van der Waals surface area contributed by atoms with Crippen LogP contribution in [0.1, 0.15) is 43.2 Å². The van der Waals surface area contributed by atoms with Gasteiger partial charge in [0.2, 0.25) is 0 Å². The Labute approximate surface area is 83.3 Å². The van der Waals surface area contributed by atoms with Crippen LogP contribution in [0.15, 0.2) is 12.3 Å². The van der Waals surface area contributed by atoms with Crippen LogP contribution in [0.4, 0.5) is 0 Å². The Bertz CT molecular complexity index is 339. The van der Waals surface area contributed by atoms with Crippen molar-refractivity contribution < 1.29 is 4.79 Å². The van der Waals surface area contributed by atoms with Crippen LogP contribution in [0.5, 0.6) is 0 Å². The molecule has 1 saturated carbocycles. The Balaban J connectivity index is 2.14. The third-order valence-corrected chi connectivity index (χ3v) is 2.22. The van der Waals surface area contributed by atoms with Gasteiger partial charge in [-0.1, -0.05) is 0 Å². The summed E-state index contributed by atoms with van der Waals surface area (Å²) in [4.78, 5) is 11.7. The number of carbonyl (C=O) groups excluding carboxylic acids is 1. The maximum absolute atomic E-state index is 11.7. The van der Waals surface area contributed by atoms with E-state index in [9.17, 15) is 4.79 Å². The predicted molar refractivity (Wildman–Crippen MR) is 53.1 cm³/mol. The lowest BCUT2D eigenvalue weighted by atomic mass is 10.3. The van der Waals surface area contributed by atoms with Gasteiger partial charge in [0.25, 0.3) is 5.91 Å². The number of nitrogens with one attached hydrogen (secondary N) is 1. The maximum Gasteiger partial charge on any atom is 0.269 e. The highest BCUT2D eigenvalue weighted by atomic mass is 16.2. The molecule has 0 spiro atoms. The lowest BCUT2D eigenvalue weighted by Crippen LogP contribution is -2.31. The third kappa shape index (κ3) is 1.78. The van der Waals surface area contributed by atoms with Crippen LogP contribution in [0.2, 0.25) is 0 Å². The Hall–Kier alpha value is -1.32. The largest absolute Gasteiger partial charge is 0.349 e. The zero-order chi connectivity index (χ0) is 10.1. The molecular formula is C10H15N3O. The molecule has 0 radical (unpaired) electrons. The molecule has 0 unspecified atom stereocenters. The molecule has 4 heteroatoms. The molecule has 1 aromatic rings. The van der Waals surface area contributed by atoms with Gasteiger partial charge in [0.15, 0.2) is 0 Å². The van der Waals surface area contributed by atoms with Crippen molar-refractivity contribution in [3.05, 3.63) is 18.0 Å². The minimum Gasteiger partial charge on any atom is -0.349 e. The zero-order valence-corrected chi connectivity index (χ0v) is 8.53. The highest BCUT2D eigenvalue weighted by Gasteiger charge is 2.28. The Morgan fingerprint density at radius 1 is 1.64 bits per heavy atom. The van der Waals surface area contributed by atoms with Crippen LogP contribution in [-0.2, 0) is 0 Å². The SMILES string of the molecule is CC(C)NC(=O)c1ccnn1C1CC1. The van der Waals surface area contributed by atoms with Gasteiger partial charge in [0, 0.05) is 12.2 Å². The van der Waals surface area contributed by atoms with Gasteiger partial charge >= 0.3 is 0 Å². The third-order valence-electron chi connectivity index (χ3n) is 2.22. The summed E-state index contributed by atoms with van der Waals surface area (Å²) in [5, 5.41) is 7.03. The molecular weight excluding hydrogens is 178 g/mol. The number of aromatic nitrogens is 2. The number of rotatable bonds is 3. The molecule has 0 saturated heterocycles. The highest BCUT2D eigenvalue weighted by Crippen LogP contribution is 2.34. The van der Waals surface area contributed by atoms with Gasteiger partial charge in [0.05, 0.1) is 6.04 Å². The first-order valence-corrected chi connectivity index (χ1v) is 5.03. The molecule has 1 aliphatic carbocycles. The second-order valence-electron chi connectivity index (χ2n) is 4.02. The van der Waals surface area contributed by atoms with E-state index in [1.807, 2.05) is 18.5 Å². The molecule has 1 fully saturated rings. The summed E-state index contributed by atoms with van der Waals surface area (Å²) < 4.78 is 1.83. The lowest BCUT2D eigenvalue weighted by Gasteiger charge is -2.09. The predicted octanol–water partition coefficient (Wildman–Crippen LogP) is 1.36. The summed E-state index contributed by atoms with van der Waals surface area (Å²) in [6.45, 7) is 3.91. The molecule has 0 aliphatic heterocycles. The Kier molecular flexibility index (Phi) is 2.27. The van der Waals surface area contributed by atoms with Crippen LogP contribution in [0, 0.1) is 0 Å².